The molecule has 0 heterocycles. The lowest BCUT2D eigenvalue weighted by Crippen LogP contribution is -2.44. The van der Waals surface area contributed by atoms with Crippen LogP contribution in [-0.2, 0) is 0 Å². The number of ether oxygens (including phenoxy) is 1. The van der Waals surface area contributed by atoms with Crippen molar-refractivity contribution in [1.29, 1.82) is 0 Å². The molecule has 2 amide bonds. The van der Waals surface area contributed by atoms with Crippen molar-refractivity contribution in [3.8, 4) is 5.75 Å². The fourth-order valence-electron chi connectivity index (χ4n) is 2.69. The third-order valence-electron chi connectivity index (χ3n) is 3.99. The highest BCUT2D eigenvalue weighted by molar-refractivity contribution is 5.74. The number of amides is 2. The van der Waals surface area contributed by atoms with E-state index in [2.05, 4.69) is 15.4 Å². The van der Waals surface area contributed by atoms with Crippen molar-refractivity contribution in [3.05, 3.63) is 29.8 Å². The third-order valence-corrected chi connectivity index (χ3v) is 3.99. The summed E-state index contributed by atoms with van der Waals surface area (Å²) >= 11 is 0. The molecule has 1 aromatic carbocycles. The zero-order chi connectivity index (χ0) is 17.7. The Morgan fingerprint density at radius 3 is 2.33 bits per heavy atom. The topological polar surface area (TPSA) is 70.6 Å². The van der Waals surface area contributed by atoms with Crippen LogP contribution in [-0.4, -0.2) is 29.6 Å². The molecule has 3 N–H and O–H groups in total. The maximum absolute atomic E-state index is 12.1. The van der Waals surface area contributed by atoms with Crippen LogP contribution in [0, 0.1) is 0 Å². The number of carbonyl (C=O) groups excluding carboxylic acids is 1. The number of alkyl halides is 3. The highest BCUT2D eigenvalue weighted by Gasteiger charge is 2.31. The van der Waals surface area contributed by atoms with Crippen LogP contribution in [0.1, 0.15) is 44.2 Å². The smallest absolute Gasteiger partial charge is 0.406 e. The molecular formula is C16H21F3N2O3. The van der Waals surface area contributed by atoms with E-state index in [9.17, 15) is 23.1 Å². The number of hydrogen-bond donors (Lipinski definition) is 3. The van der Waals surface area contributed by atoms with Crippen LogP contribution < -0.4 is 15.4 Å². The monoisotopic (exact) mass is 346 g/mol. The highest BCUT2D eigenvalue weighted by Crippen LogP contribution is 2.24. The summed E-state index contributed by atoms with van der Waals surface area (Å²) in [7, 11) is 0. The number of nitrogens with one attached hydrogen (secondary N) is 2. The molecule has 0 saturated heterocycles. The van der Waals surface area contributed by atoms with Crippen LogP contribution >= 0.6 is 0 Å². The van der Waals surface area contributed by atoms with Crippen LogP contribution in [0.4, 0.5) is 18.0 Å². The van der Waals surface area contributed by atoms with Crippen molar-refractivity contribution in [2.45, 2.75) is 57.2 Å². The van der Waals surface area contributed by atoms with Crippen LogP contribution in [0.15, 0.2) is 24.3 Å². The Morgan fingerprint density at radius 1 is 1.21 bits per heavy atom. The Bertz CT molecular complexity index is 540. The third kappa shape index (κ3) is 5.92. The van der Waals surface area contributed by atoms with Crippen LogP contribution in [0.5, 0.6) is 5.75 Å². The average Bonchev–Trinajstić information content (AvgIpc) is 2.48. The van der Waals surface area contributed by atoms with E-state index in [1.807, 2.05) is 0 Å². The van der Waals surface area contributed by atoms with Gasteiger partial charge in [-0.05, 0) is 50.3 Å². The minimum absolute atomic E-state index is 0.0307. The van der Waals surface area contributed by atoms with Gasteiger partial charge in [0.25, 0.3) is 0 Å². The quantitative estimate of drug-likeness (QED) is 0.784. The molecule has 1 atom stereocenters. The molecule has 0 bridgehead atoms. The van der Waals surface area contributed by atoms with Gasteiger partial charge in [-0.15, -0.1) is 13.2 Å². The summed E-state index contributed by atoms with van der Waals surface area (Å²) in [6.45, 7) is 1.74. The van der Waals surface area contributed by atoms with Crippen molar-refractivity contribution in [2.75, 3.05) is 0 Å². The first-order chi connectivity index (χ1) is 11.2. The molecule has 0 aromatic heterocycles. The van der Waals surface area contributed by atoms with Gasteiger partial charge < -0.3 is 20.5 Å². The molecule has 1 fully saturated rings. The Labute approximate surface area is 138 Å². The molecule has 1 aliphatic rings. The molecule has 2 rings (SSSR count). The first-order valence-corrected chi connectivity index (χ1v) is 7.84. The van der Waals surface area contributed by atoms with E-state index in [0.29, 0.717) is 18.4 Å². The van der Waals surface area contributed by atoms with E-state index in [1.54, 1.807) is 6.92 Å². The zero-order valence-electron chi connectivity index (χ0n) is 13.3. The minimum atomic E-state index is -4.72. The predicted molar refractivity (Wildman–Crippen MR) is 81.5 cm³/mol. The summed E-state index contributed by atoms with van der Waals surface area (Å²) in [5.41, 5.74) is 0.666. The van der Waals surface area contributed by atoms with Gasteiger partial charge >= 0.3 is 12.4 Å². The number of carbonyl (C=O) groups is 1. The van der Waals surface area contributed by atoms with E-state index in [4.69, 9.17) is 0 Å². The van der Waals surface area contributed by atoms with Crippen LogP contribution in [0.25, 0.3) is 0 Å². The van der Waals surface area contributed by atoms with Gasteiger partial charge in [0, 0.05) is 6.04 Å². The Morgan fingerprint density at radius 2 is 1.79 bits per heavy atom. The van der Waals surface area contributed by atoms with E-state index in [0.717, 1.165) is 12.8 Å². The molecule has 0 radical (unpaired) electrons. The molecule has 0 spiro atoms. The number of aliphatic hydroxyl groups is 1. The number of hydrogen-bond acceptors (Lipinski definition) is 3. The average molecular weight is 346 g/mol. The zero-order valence-corrected chi connectivity index (χ0v) is 13.3. The Balaban J connectivity index is 1.83. The van der Waals surface area contributed by atoms with Crippen molar-refractivity contribution < 1.29 is 27.8 Å². The Hall–Kier alpha value is -1.96. The molecule has 1 aliphatic carbocycles. The molecule has 134 valence electrons. The maximum Gasteiger partial charge on any atom is 0.573 e. The number of aliphatic hydroxyl groups excluding tert-OH is 1. The molecule has 1 saturated carbocycles. The summed E-state index contributed by atoms with van der Waals surface area (Å²) < 4.78 is 40.2. The molecular weight excluding hydrogens is 325 g/mol. The first-order valence-electron chi connectivity index (χ1n) is 7.84. The first kappa shape index (κ1) is 18.4. The summed E-state index contributed by atoms with van der Waals surface area (Å²) in [5.74, 6) is -0.302. The second-order valence-corrected chi connectivity index (χ2v) is 5.96. The van der Waals surface area contributed by atoms with E-state index < -0.39 is 6.36 Å². The number of benzene rings is 1. The van der Waals surface area contributed by atoms with Gasteiger partial charge in [0.15, 0.2) is 0 Å². The van der Waals surface area contributed by atoms with Crippen molar-refractivity contribution in [2.24, 2.45) is 0 Å². The summed E-state index contributed by atoms with van der Waals surface area (Å²) in [6, 6.07) is 4.70. The van der Waals surface area contributed by atoms with E-state index in [-0.39, 0.29) is 30.0 Å². The normalized spacial score (nSPS) is 22.5. The van der Waals surface area contributed by atoms with Gasteiger partial charge in [-0.25, -0.2) is 4.79 Å². The van der Waals surface area contributed by atoms with Gasteiger partial charge in [-0.3, -0.25) is 0 Å². The lowest BCUT2D eigenvalue weighted by Gasteiger charge is -2.27. The second-order valence-electron chi connectivity index (χ2n) is 5.96. The van der Waals surface area contributed by atoms with Gasteiger partial charge in [-0.1, -0.05) is 12.1 Å². The molecule has 5 nitrogen and oxygen atoms in total. The minimum Gasteiger partial charge on any atom is -0.406 e. The summed E-state index contributed by atoms with van der Waals surface area (Å²) in [4.78, 5) is 12.0. The largest absolute Gasteiger partial charge is 0.573 e. The summed E-state index contributed by atoms with van der Waals surface area (Å²) in [5, 5.41) is 15.0. The van der Waals surface area contributed by atoms with Gasteiger partial charge in [0.1, 0.15) is 5.75 Å². The van der Waals surface area contributed by atoms with Gasteiger partial charge in [0.2, 0.25) is 0 Å². The molecule has 24 heavy (non-hydrogen) atoms. The molecule has 1 unspecified atom stereocenters. The summed E-state index contributed by atoms with van der Waals surface area (Å²) in [6.07, 6.45) is -2.22. The standard InChI is InChI=1S/C16H21F3N2O3/c1-10(11-2-8-14(9-3-11)24-16(17,18)19)20-15(23)21-12-4-6-13(22)7-5-12/h2-3,8-10,12-13,22H,4-7H2,1H3,(H2,20,21,23). The Kier molecular flexibility index (Phi) is 5.93. The second kappa shape index (κ2) is 7.74. The van der Waals surface area contributed by atoms with Crippen LogP contribution in [0.3, 0.4) is 0 Å². The van der Waals surface area contributed by atoms with Crippen molar-refractivity contribution in [1.82, 2.24) is 10.6 Å². The highest BCUT2D eigenvalue weighted by atomic mass is 19.4. The number of rotatable bonds is 4. The number of halogens is 3. The fraction of sp³-hybridized carbons (Fsp3) is 0.562. The molecule has 1 aromatic rings. The van der Waals surface area contributed by atoms with Gasteiger partial charge in [-0.2, -0.15) is 0 Å². The predicted octanol–water partition coefficient (Wildman–Crippen LogP) is 3.25. The fourth-order valence-corrected chi connectivity index (χ4v) is 2.69. The van der Waals surface area contributed by atoms with Crippen molar-refractivity contribution in [3.63, 3.8) is 0 Å². The SMILES string of the molecule is CC(NC(=O)NC1CCC(O)CC1)c1ccc(OC(F)(F)F)cc1. The molecule has 8 heteroatoms. The van der Waals surface area contributed by atoms with Crippen molar-refractivity contribution >= 4 is 6.03 Å². The number of urea groups is 1. The lowest BCUT2D eigenvalue weighted by molar-refractivity contribution is -0.274. The lowest BCUT2D eigenvalue weighted by atomic mass is 9.93. The molecule has 0 aliphatic heterocycles. The van der Waals surface area contributed by atoms with E-state index >= 15 is 0 Å². The maximum atomic E-state index is 12.1. The van der Waals surface area contributed by atoms with E-state index in [1.165, 1.54) is 24.3 Å². The van der Waals surface area contributed by atoms with Gasteiger partial charge in [0.05, 0.1) is 12.1 Å². The van der Waals surface area contributed by atoms with Crippen LogP contribution in [0.2, 0.25) is 0 Å².